The summed E-state index contributed by atoms with van der Waals surface area (Å²) in [5.41, 5.74) is -140. The number of alkyl halides is 18. The van der Waals surface area contributed by atoms with Crippen LogP contribution in [0.25, 0.3) is 65.8 Å². The molecule has 0 bridgehead atoms. The van der Waals surface area contributed by atoms with Gasteiger partial charge in [0.25, 0.3) is 0 Å². The van der Waals surface area contributed by atoms with Crippen molar-refractivity contribution in [2.45, 2.75) is 156 Å². The van der Waals surface area contributed by atoms with E-state index in [4.69, 9.17) is 28.4 Å². The summed E-state index contributed by atoms with van der Waals surface area (Å²) in [6, 6.07) is 0. The maximum atomic E-state index is 23.4. The lowest BCUT2D eigenvalue weighted by Crippen LogP contribution is -2.84. The number of allylic oxidation sites excluding steroid dienone is 12. The van der Waals surface area contributed by atoms with E-state index in [-0.39, 0.29) is 0 Å². The Hall–Kier alpha value is -7.47. The van der Waals surface area contributed by atoms with E-state index >= 15 is 94.6 Å². The van der Waals surface area contributed by atoms with Crippen molar-refractivity contribution in [1.82, 2.24) is 0 Å². The van der Waals surface area contributed by atoms with Gasteiger partial charge in [-0.3, -0.25) is 0 Å². The molecule has 30 heteroatoms. The molecule has 27 aliphatic carbocycles. The molecule has 12 nitrogen and oxygen atoms in total. The second-order valence-corrected chi connectivity index (χ2v) is 38.9. The summed E-state index contributed by atoms with van der Waals surface area (Å²) >= 11 is 10.8. The Morgan fingerprint density at radius 3 is 0.658 bits per heavy atom. The molecule has 27 aliphatic rings. The molecule has 0 aromatic heterocycles. The highest BCUT2D eigenvalue weighted by molar-refractivity contribution is 9.11. The van der Waals surface area contributed by atoms with E-state index in [0.717, 1.165) is 0 Å². The predicted octanol–water partition coefficient (Wildman–Crippen LogP) is 13.3. The van der Waals surface area contributed by atoms with Crippen molar-refractivity contribution in [2.75, 3.05) is 39.6 Å². The standard InChI is InChI=1S/C81H36Br3F15O12/c1-7-106-55(100)64(82,56(101)107-8-2)61-31-13-14-16-18-17-15(13)33-21-19(31)25-37-27(21)42-47-44-29-23(35(17)62(33,47)65(83,57(102)108-9-3)58(103)109-10-4)24-30-39(29)69(87)80(98)53-51-49-50-52-54(53)81(69,99)75(93)45(30)48-43-28-22(34(16)63(48,36(18)24)66(84,59(104)110-11-5)60(105)111-12-6)20(32(14)61)26-38(28)68(86,79(52,97)73(43,75)91)77(50,95)71(89)41(26)46(61)40(25)70(71,88)76(49,94)67(37,85)78(51,96)72(42,90)74(44,80)92/h40,43-44,46-48H,7-12H2,1-6H3. The zero-order chi connectivity index (χ0) is 76.7. The van der Waals surface area contributed by atoms with Crippen LogP contribution in [0.5, 0.6) is 0 Å². The number of halogens is 18. The lowest BCUT2D eigenvalue weighted by atomic mass is 9.41. The van der Waals surface area contributed by atoms with Crippen LogP contribution in [0.2, 0.25) is 0 Å². The summed E-state index contributed by atoms with van der Waals surface area (Å²) in [7, 11) is 0. The first-order valence-corrected chi connectivity index (χ1v) is 39.7. The van der Waals surface area contributed by atoms with Crippen molar-refractivity contribution in [3.63, 3.8) is 0 Å². The van der Waals surface area contributed by atoms with Crippen molar-refractivity contribution in [3.05, 3.63) is 134 Å². The molecule has 32 rings (SSSR count). The number of carbonyl (C=O) groups is 6. The Labute approximate surface area is 633 Å². The Bertz CT molecular complexity index is 6180. The normalized spacial score (nSPS) is 48.9. The van der Waals surface area contributed by atoms with Crippen LogP contribution in [0, 0.1) is 35.5 Å². The van der Waals surface area contributed by atoms with Gasteiger partial charge in [0.15, 0.2) is 0 Å². The number of esters is 6. The monoisotopic (exact) mass is 1720 g/mol. The van der Waals surface area contributed by atoms with Gasteiger partial charge in [0.1, 0.15) is 0 Å². The zero-order valence-corrected chi connectivity index (χ0v) is 61.7. The van der Waals surface area contributed by atoms with Gasteiger partial charge >= 0.3 is 35.8 Å². The molecule has 24 atom stereocenters. The molecular weight excluding hydrogens is 1690 g/mol. The van der Waals surface area contributed by atoms with E-state index in [1.54, 1.807) is 0 Å². The second kappa shape index (κ2) is 14.0. The molecule has 0 radical (unpaired) electrons. The van der Waals surface area contributed by atoms with Crippen LogP contribution in [0.3, 0.4) is 0 Å². The van der Waals surface area contributed by atoms with E-state index < -0.39 is 425 Å². The molecule has 111 heavy (non-hydrogen) atoms. The molecule has 0 spiro atoms. The van der Waals surface area contributed by atoms with Gasteiger partial charge in [0, 0.05) is 85.6 Å². The minimum atomic E-state index is -5.92. The maximum absolute atomic E-state index is 23.4. The molecular formula is C81H36Br3F15O12. The summed E-state index contributed by atoms with van der Waals surface area (Å²) in [5.74, 6) is -29.5. The minimum absolute atomic E-state index is 0.449. The average Bonchev–Trinajstić information content (AvgIpc) is 1.34. The summed E-state index contributed by atoms with van der Waals surface area (Å²) in [4.78, 5) is 101. The van der Waals surface area contributed by atoms with Gasteiger partial charge in [-0.1, -0.05) is 47.8 Å². The SMILES string of the molecule is CCOC(=O)C(Br)(C(=O)OCC)C12c3c4c5c6c7c3c3c1c1c8c9c3c3c%10c%11c%12c(c73)C6(C(Br)(C(=O)OCC)C(=O)OCC)C3C6=C%12C7=C%11C%11C(C%12=C8C8=C1C1C2C2=C4C4=C5C3C3(F)C6(F)C5(F)c6c%13c%14c%15c%16c6C(F)(C75F)C%11(F)C%12(F)C%16(F)C8(F)C%15(F)C1(F)C2(F)C%14(F)C4(F)C%133F)C9%10C(Br)(C(=O)OCC)C(=O)OCC. The fourth-order valence-electron chi connectivity index (χ4n) is 34.6. The van der Waals surface area contributed by atoms with Gasteiger partial charge in [-0.05, 0) is 191 Å². The molecule has 0 aliphatic heterocycles. The van der Waals surface area contributed by atoms with Crippen LogP contribution in [0.4, 0.5) is 65.9 Å². The van der Waals surface area contributed by atoms with Gasteiger partial charge < -0.3 is 28.4 Å². The molecule has 3 saturated carbocycles. The van der Waals surface area contributed by atoms with Crippen LogP contribution in [-0.2, 0) is 107 Å². The van der Waals surface area contributed by atoms with Crippen molar-refractivity contribution in [2.24, 2.45) is 35.5 Å². The third kappa shape index (κ3) is 3.35. The van der Waals surface area contributed by atoms with Crippen LogP contribution in [0.1, 0.15) is 142 Å². The molecule has 558 valence electrons. The minimum Gasteiger partial charge on any atom is -0.464 e. The Morgan fingerprint density at radius 2 is 0.459 bits per heavy atom. The molecule has 5 aromatic carbocycles. The van der Waals surface area contributed by atoms with Crippen LogP contribution in [0.15, 0.2) is 33.4 Å². The predicted molar refractivity (Wildman–Crippen MR) is 356 cm³/mol. The van der Waals surface area contributed by atoms with Gasteiger partial charge in [-0.25, -0.2) is 94.6 Å². The van der Waals surface area contributed by atoms with E-state index in [1.165, 1.54) is 41.5 Å². The van der Waals surface area contributed by atoms with E-state index in [0.29, 0.717) is 0 Å². The number of hydrogen-bond donors (Lipinski definition) is 0. The molecule has 0 amide bonds. The molecule has 24 unspecified atom stereocenters. The van der Waals surface area contributed by atoms with Gasteiger partial charge in [0.05, 0.1) is 55.9 Å². The fourth-order valence-corrected chi connectivity index (χ4v) is 37.2. The quantitative estimate of drug-likeness (QED) is 0.0244. The fraction of sp³-hybridized carbons (Fsp3) is 0.481. The summed E-state index contributed by atoms with van der Waals surface area (Å²) in [6.45, 7) is 3.30. The van der Waals surface area contributed by atoms with Crippen molar-refractivity contribution >= 4 is 149 Å². The maximum Gasteiger partial charge on any atom is 0.335 e. The number of rotatable bonds is 15. The van der Waals surface area contributed by atoms with Gasteiger partial charge in [-0.15, -0.1) is 0 Å². The number of ether oxygens (including phenoxy) is 6. The third-order valence-electron chi connectivity index (χ3n) is 35.1. The Morgan fingerprint density at radius 1 is 0.270 bits per heavy atom. The number of hydrogen-bond acceptors (Lipinski definition) is 12. The van der Waals surface area contributed by atoms with E-state index in [1.807, 2.05) is 0 Å². The first-order valence-electron chi connectivity index (χ1n) is 37.3. The molecule has 0 saturated heterocycles. The van der Waals surface area contributed by atoms with Gasteiger partial charge in [-0.2, -0.15) is 0 Å². The topological polar surface area (TPSA) is 158 Å². The summed E-state index contributed by atoms with van der Waals surface area (Å²) in [6.07, 6.45) is 0. The molecule has 0 heterocycles. The van der Waals surface area contributed by atoms with Crippen LogP contribution in [-0.4, -0.2) is 139 Å². The highest BCUT2D eigenvalue weighted by Crippen LogP contribution is 3.08. The molecule has 5 aromatic rings. The highest BCUT2D eigenvalue weighted by atomic mass is 79.9. The largest absolute Gasteiger partial charge is 0.464 e. The molecule has 3 fully saturated rings. The van der Waals surface area contributed by atoms with Crippen molar-refractivity contribution < 1.29 is 123 Å². The lowest BCUT2D eigenvalue weighted by molar-refractivity contribution is -0.308. The summed E-state index contributed by atoms with van der Waals surface area (Å²) in [5, 5.41) is -2.69. The summed E-state index contributed by atoms with van der Waals surface area (Å²) < 4.78 is 373. The lowest BCUT2D eigenvalue weighted by Gasteiger charge is -2.66. The van der Waals surface area contributed by atoms with E-state index in [9.17, 15) is 0 Å². The van der Waals surface area contributed by atoms with E-state index in [2.05, 4.69) is 47.8 Å². The number of benzene rings is 5. The molecule has 0 N–H and O–H groups in total. The van der Waals surface area contributed by atoms with Crippen molar-refractivity contribution in [1.29, 1.82) is 0 Å². The van der Waals surface area contributed by atoms with Crippen LogP contribution < -0.4 is 0 Å². The van der Waals surface area contributed by atoms with Crippen molar-refractivity contribution in [3.8, 4) is 0 Å². The average molecular weight is 1730 g/mol. The second-order valence-electron chi connectivity index (χ2n) is 35.4. The highest BCUT2D eigenvalue weighted by Gasteiger charge is 3.18. The Balaban J connectivity index is 1.02. The van der Waals surface area contributed by atoms with Gasteiger partial charge in [0.2, 0.25) is 98.0 Å². The smallest absolute Gasteiger partial charge is 0.335 e. The Kier molecular flexibility index (Phi) is 7.71. The zero-order valence-electron chi connectivity index (χ0n) is 56.9. The number of carbonyl (C=O) groups excluding carboxylic acids is 6. The van der Waals surface area contributed by atoms with Crippen LogP contribution >= 0.6 is 47.8 Å². The third-order valence-corrected chi connectivity index (χ3v) is 38.9. The first kappa shape index (κ1) is 61.0. The first-order chi connectivity index (χ1) is 52.3.